The smallest absolute Gasteiger partial charge is 0.227 e. The average Bonchev–Trinajstić information content (AvgIpc) is 3.19. The first-order valence-corrected chi connectivity index (χ1v) is 10.0. The lowest BCUT2D eigenvalue weighted by Crippen LogP contribution is -2.32. The zero-order valence-corrected chi connectivity index (χ0v) is 15.2. The van der Waals surface area contributed by atoms with Crippen LogP contribution in [0, 0.1) is 5.82 Å². The number of hydrogen-bond donors (Lipinski definition) is 0. The Bertz CT molecular complexity index is 845. The zero-order valence-electron chi connectivity index (χ0n) is 14.4. The molecule has 25 heavy (non-hydrogen) atoms. The number of halogens is 1. The van der Waals surface area contributed by atoms with Gasteiger partial charge in [0.2, 0.25) is 15.0 Å². The van der Waals surface area contributed by atoms with Crippen LogP contribution in [-0.2, 0) is 27.7 Å². The van der Waals surface area contributed by atoms with Crippen LogP contribution >= 0.6 is 0 Å². The molecule has 0 N–H and O–H groups in total. The molecule has 0 amide bonds. The van der Waals surface area contributed by atoms with Gasteiger partial charge in [0.1, 0.15) is 5.82 Å². The highest BCUT2D eigenvalue weighted by atomic mass is 32.2. The first-order valence-electron chi connectivity index (χ1n) is 8.12. The van der Waals surface area contributed by atoms with E-state index in [2.05, 4.69) is 9.88 Å². The molecule has 1 aliphatic rings. The van der Waals surface area contributed by atoms with Crippen LogP contribution in [0.25, 0.3) is 0 Å². The third-order valence-electron chi connectivity index (χ3n) is 4.46. The van der Waals surface area contributed by atoms with Crippen molar-refractivity contribution in [3.63, 3.8) is 0 Å². The van der Waals surface area contributed by atoms with E-state index in [0.29, 0.717) is 24.8 Å². The second-order valence-corrected chi connectivity index (χ2v) is 8.32. The standard InChI is InChI=1S/C17H22FN3O3S/c1-20(14-7-8-24-12-14)11-15-9-19-17(25(2,22)23)21(15)10-13-5-3-4-6-16(13)18/h3-6,9,14H,7-8,10-12H2,1-2H3. The molecule has 0 saturated carbocycles. The number of imidazole rings is 1. The maximum Gasteiger partial charge on any atom is 0.227 e. The first kappa shape index (κ1) is 18.0. The van der Waals surface area contributed by atoms with Crippen molar-refractivity contribution in [3.8, 4) is 0 Å². The Labute approximate surface area is 147 Å². The van der Waals surface area contributed by atoms with Crippen molar-refractivity contribution < 1.29 is 17.5 Å². The molecule has 2 aromatic rings. The minimum Gasteiger partial charge on any atom is -0.380 e. The Morgan fingerprint density at radius 3 is 2.80 bits per heavy atom. The number of sulfone groups is 1. The fraction of sp³-hybridized carbons (Fsp3) is 0.471. The molecule has 1 saturated heterocycles. The van der Waals surface area contributed by atoms with Crippen LogP contribution in [-0.4, -0.2) is 55.4 Å². The average molecular weight is 367 g/mol. The van der Waals surface area contributed by atoms with Crippen LogP contribution in [0.15, 0.2) is 35.6 Å². The van der Waals surface area contributed by atoms with Gasteiger partial charge in [-0.2, -0.15) is 0 Å². The largest absolute Gasteiger partial charge is 0.380 e. The summed E-state index contributed by atoms with van der Waals surface area (Å²) in [6.07, 6.45) is 3.62. The van der Waals surface area contributed by atoms with Crippen molar-refractivity contribution in [1.82, 2.24) is 14.5 Å². The molecule has 1 unspecified atom stereocenters. The first-order chi connectivity index (χ1) is 11.9. The van der Waals surface area contributed by atoms with E-state index in [-0.39, 0.29) is 17.5 Å². The van der Waals surface area contributed by atoms with E-state index in [1.165, 1.54) is 6.07 Å². The Morgan fingerprint density at radius 1 is 1.40 bits per heavy atom. The van der Waals surface area contributed by atoms with E-state index >= 15 is 0 Å². The van der Waals surface area contributed by atoms with Gasteiger partial charge < -0.3 is 9.30 Å². The number of rotatable bonds is 6. The molecule has 8 heteroatoms. The summed E-state index contributed by atoms with van der Waals surface area (Å²) >= 11 is 0. The van der Waals surface area contributed by atoms with Gasteiger partial charge in [-0.3, -0.25) is 4.90 Å². The number of ether oxygens (including phenoxy) is 1. The normalized spacial score (nSPS) is 18.2. The van der Waals surface area contributed by atoms with Crippen molar-refractivity contribution in [1.29, 1.82) is 0 Å². The van der Waals surface area contributed by atoms with Crippen molar-refractivity contribution in [3.05, 3.63) is 47.5 Å². The molecule has 0 spiro atoms. The van der Waals surface area contributed by atoms with Crippen LogP contribution in [0.4, 0.5) is 4.39 Å². The molecule has 1 aromatic carbocycles. The highest BCUT2D eigenvalue weighted by Crippen LogP contribution is 2.19. The van der Waals surface area contributed by atoms with Crippen LogP contribution in [0.2, 0.25) is 0 Å². The molecule has 1 aliphatic heterocycles. The highest BCUT2D eigenvalue weighted by molar-refractivity contribution is 7.90. The maximum atomic E-state index is 14.0. The minimum absolute atomic E-state index is 0.0400. The fourth-order valence-electron chi connectivity index (χ4n) is 3.03. The van der Waals surface area contributed by atoms with Crippen molar-refractivity contribution in [2.75, 3.05) is 26.5 Å². The summed E-state index contributed by atoms with van der Waals surface area (Å²) in [6.45, 7) is 2.04. The Morgan fingerprint density at radius 2 is 2.16 bits per heavy atom. The lowest BCUT2D eigenvalue weighted by atomic mass is 10.2. The summed E-state index contributed by atoms with van der Waals surface area (Å²) in [5.41, 5.74) is 1.16. The van der Waals surface area contributed by atoms with Gasteiger partial charge in [-0.05, 0) is 19.5 Å². The van der Waals surface area contributed by atoms with Gasteiger partial charge in [-0.25, -0.2) is 17.8 Å². The molecular weight excluding hydrogens is 345 g/mol. The van der Waals surface area contributed by atoms with Crippen LogP contribution < -0.4 is 0 Å². The molecule has 136 valence electrons. The number of hydrogen-bond acceptors (Lipinski definition) is 5. The van der Waals surface area contributed by atoms with Gasteiger partial charge in [0, 0.05) is 31.0 Å². The molecular formula is C17H22FN3O3S. The van der Waals surface area contributed by atoms with Gasteiger partial charge in [0.25, 0.3) is 0 Å². The van der Waals surface area contributed by atoms with Gasteiger partial charge in [0.05, 0.1) is 25.0 Å². The summed E-state index contributed by atoms with van der Waals surface area (Å²) in [6, 6.07) is 6.66. The molecule has 6 nitrogen and oxygen atoms in total. The quantitative estimate of drug-likeness (QED) is 0.778. The summed E-state index contributed by atoms with van der Waals surface area (Å²) < 4.78 is 45.2. The van der Waals surface area contributed by atoms with E-state index in [4.69, 9.17) is 4.74 Å². The van der Waals surface area contributed by atoms with E-state index in [1.54, 1.807) is 29.0 Å². The molecule has 3 rings (SSSR count). The Kier molecular flexibility index (Phi) is 5.21. The molecule has 1 aromatic heterocycles. The zero-order chi connectivity index (χ0) is 18.0. The SMILES string of the molecule is CN(Cc1cnc(S(C)(=O)=O)n1Cc1ccccc1F)C1CCOC1. The predicted molar refractivity (Wildman–Crippen MR) is 91.5 cm³/mol. The Hall–Kier alpha value is -1.77. The van der Waals surface area contributed by atoms with E-state index in [1.807, 2.05) is 7.05 Å². The number of likely N-dealkylation sites (N-methyl/N-ethyl adjacent to an activating group) is 1. The van der Waals surface area contributed by atoms with Gasteiger partial charge in [-0.1, -0.05) is 18.2 Å². The number of benzene rings is 1. The van der Waals surface area contributed by atoms with Crippen molar-refractivity contribution in [2.45, 2.75) is 30.7 Å². The third kappa shape index (κ3) is 4.08. The molecule has 0 bridgehead atoms. The highest BCUT2D eigenvalue weighted by Gasteiger charge is 2.24. The molecule has 0 radical (unpaired) electrons. The number of aromatic nitrogens is 2. The molecule has 2 heterocycles. The fourth-order valence-corrected chi connectivity index (χ4v) is 3.86. The summed E-state index contributed by atoms with van der Waals surface area (Å²) in [4.78, 5) is 6.21. The number of nitrogens with zero attached hydrogens (tertiary/aromatic N) is 3. The summed E-state index contributed by atoms with van der Waals surface area (Å²) in [7, 11) is -1.54. The molecule has 0 aliphatic carbocycles. The topological polar surface area (TPSA) is 64.4 Å². The summed E-state index contributed by atoms with van der Waals surface area (Å²) in [5, 5.41) is -0.0400. The third-order valence-corrected chi connectivity index (χ3v) is 5.45. The summed E-state index contributed by atoms with van der Waals surface area (Å²) in [5.74, 6) is -0.362. The predicted octanol–water partition coefficient (Wildman–Crippen LogP) is 1.69. The van der Waals surface area contributed by atoms with E-state index in [0.717, 1.165) is 25.0 Å². The van der Waals surface area contributed by atoms with Crippen molar-refractivity contribution >= 4 is 9.84 Å². The lowest BCUT2D eigenvalue weighted by molar-refractivity contribution is 0.155. The Balaban J connectivity index is 1.93. The monoisotopic (exact) mass is 367 g/mol. The van der Waals surface area contributed by atoms with Crippen molar-refractivity contribution in [2.24, 2.45) is 0 Å². The van der Waals surface area contributed by atoms with Gasteiger partial charge in [0.15, 0.2) is 0 Å². The van der Waals surface area contributed by atoms with E-state index < -0.39 is 9.84 Å². The van der Waals surface area contributed by atoms with Gasteiger partial charge in [-0.15, -0.1) is 0 Å². The molecule has 1 fully saturated rings. The van der Waals surface area contributed by atoms with E-state index in [9.17, 15) is 12.8 Å². The lowest BCUT2D eigenvalue weighted by Gasteiger charge is -2.23. The van der Waals surface area contributed by atoms with Crippen LogP contribution in [0.1, 0.15) is 17.7 Å². The second kappa shape index (κ2) is 7.23. The van der Waals surface area contributed by atoms with Crippen LogP contribution in [0.5, 0.6) is 0 Å². The van der Waals surface area contributed by atoms with Gasteiger partial charge >= 0.3 is 0 Å². The molecule has 1 atom stereocenters. The minimum atomic E-state index is -3.51. The second-order valence-electron chi connectivity index (χ2n) is 6.41. The maximum absolute atomic E-state index is 14.0. The van der Waals surface area contributed by atoms with Crippen LogP contribution in [0.3, 0.4) is 0 Å².